The zero-order chi connectivity index (χ0) is 15.6. The SMILES string of the molecule is Cc1cc(Br)ccc1NC(=O)N1CC(=O)NCC1C(=O)O. The summed E-state index contributed by atoms with van der Waals surface area (Å²) in [6, 6.07) is 3.62. The van der Waals surface area contributed by atoms with Crippen LogP contribution in [0.25, 0.3) is 0 Å². The Morgan fingerprint density at radius 3 is 2.81 bits per heavy atom. The molecular weight excluding hydrogens is 342 g/mol. The lowest BCUT2D eigenvalue weighted by Crippen LogP contribution is -2.60. The van der Waals surface area contributed by atoms with Crippen LogP contribution in [0.1, 0.15) is 5.56 Å². The van der Waals surface area contributed by atoms with Gasteiger partial charge in [0.2, 0.25) is 5.91 Å². The van der Waals surface area contributed by atoms with E-state index in [9.17, 15) is 14.4 Å². The number of halogens is 1. The zero-order valence-corrected chi connectivity index (χ0v) is 12.8. The fourth-order valence-corrected chi connectivity index (χ4v) is 2.51. The van der Waals surface area contributed by atoms with Crippen LogP contribution in [0.2, 0.25) is 0 Å². The number of rotatable bonds is 2. The number of hydrogen-bond acceptors (Lipinski definition) is 3. The van der Waals surface area contributed by atoms with Crippen LogP contribution in [0, 0.1) is 6.92 Å². The van der Waals surface area contributed by atoms with E-state index < -0.39 is 18.0 Å². The van der Waals surface area contributed by atoms with Gasteiger partial charge in [0.05, 0.1) is 0 Å². The summed E-state index contributed by atoms with van der Waals surface area (Å²) in [4.78, 5) is 35.8. The molecule has 0 aromatic heterocycles. The number of carboxylic acid groups (broad SMARTS) is 1. The van der Waals surface area contributed by atoms with Crippen LogP contribution in [0.15, 0.2) is 22.7 Å². The zero-order valence-electron chi connectivity index (χ0n) is 11.2. The largest absolute Gasteiger partial charge is 0.480 e. The molecule has 2 rings (SSSR count). The number of carbonyl (C=O) groups excluding carboxylic acids is 2. The number of aryl methyl sites for hydroxylation is 1. The lowest BCUT2D eigenvalue weighted by atomic mass is 10.2. The molecule has 0 saturated carbocycles. The quantitative estimate of drug-likeness (QED) is 0.741. The maximum atomic E-state index is 12.2. The van der Waals surface area contributed by atoms with Gasteiger partial charge in [-0.1, -0.05) is 15.9 Å². The smallest absolute Gasteiger partial charge is 0.328 e. The average molecular weight is 356 g/mol. The number of urea groups is 1. The number of hydrogen-bond donors (Lipinski definition) is 3. The first-order chi connectivity index (χ1) is 9.88. The minimum atomic E-state index is -1.15. The molecule has 8 heteroatoms. The van der Waals surface area contributed by atoms with Crippen molar-refractivity contribution in [1.29, 1.82) is 0 Å². The normalized spacial score (nSPS) is 18.1. The van der Waals surface area contributed by atoms with Crippen LogP contribution in [-0.4, -0.2) is 47.0 Å². The second-order valence-corrected chi connectivity index (χ2v) is 5.59. The van der Waals surface area contributed by atoms with Crippen LogP contribution in [0.4, 0.5) is 10.5 Å². The van der Waals surface area contributed by atoms with Crippen LogP contribution in [0.3, 0.4) is 0 Å². The third kappa shape index (κ3) is 3.52. The van der Waals surface area contributed by atoms with Gasteiger partial charge in [-0.2, -0.15) is 0 Å². The van der Waals surface area contributed by atoms with Crippen LogP contribution < -0.4 is 10.6 Å². The van der Waals surface area contributed by atoms with E-state index in [1.165, 1.54) is 0 Å². The molecule has 21 heavy (non-hydrogen) atoms. The molecule has 112 valence electrons. The second-order valence-electron chi connectivity index (χ2n) is 4.68. The highest BCUT2D eigenvalue weighted by Crippen LogP contribution is 2.20. The molecule has 0 radical (unpaired) electrons. The molecule has 7 nitrogen and oxygen atoms in total. The van der Waals surface area contributed by atoms with E-state index in [4.69, 9.17) is 5.11 Å². The van der Waals surface area contributed by atoms with Gasteiger partial charge in [0.1, 0.15) is 12.6 Å². The molecule has 3 N–H and O–H groups in total. The van der Waals surface area contributed by atoms with Gasteiger partial charge < -0.3 is 15.7 Å². The Kier molecular flexibility index (Phi) is 4.46. The van der Waals surface area contributed by atoms with Gasteiger partial charge in [0.15, 0.2) is 0 Å². The van der Waals surface area contributed by atoms with E-state index in [1.807, 2.05) is 13.0 Å². The Hall–Kier alpha value is -2.09. The van der Waals surface area contributed by atoms with Crippen molar-refractivity contribution in [2.75, 3.05) is 18.4 Å². The Morgan fingerprint density at radius 1 is 1.48 bits per heavy atom. The van der Waals surface area contributed by atoms with Crippen molar-refractivity contribution in [1.82, 2.24) is 10.2 Å². The van der Waals surface area contributed by atoms with Gasteiger partial charge in [0, 0.05) is 16.7 Å². The number of benzene rings is 1. The second kappa shape index (κ2) is 6.13. The van der Waals surface area contributed by atoms with E-state index in [0.29, 0.717) is 5.69 Å². The number of anilines is 1. The van der Waals surface area contributed by atoms with Crippen LogP contribution >= 0.6 is 15.9 Å². The standard InChI is InChI=1S/C13H14BrN3O4/c1-7-4-8(14)2-3-9(7)16-13(21)17-6-11(18)15-5-10(17)12(19)20/h2-4,10H,5-6H2,1H3,(H,15,18)(H,16,21)(H,19,20). The van der Waals surface area contributed by atoms with Gasteiger partial charge >= 0.3 is 12.0 Å². The highest BCUT2D eigenvalue weighted by atomic mass is 79.9. The molecule has 0 bridgehead atoms. The Morgan fingerprint density at radius 2 is 2.19 bits per heavy atom. The summed E-state index contributed by atoms with van der Waals surface area (Å²) in [5.41, 5.74) is 1.39. The monoisotopic (exact) mass is 355 g/mol. The number of piperazine rings is 1. The fourth-order valence-electron chi connectivity index (χ4n) is 2.03. The molecule has 0 spiro atoms. The lowest BCUT2D eigenvalue weighted by Gasteiger charge is -2.32. The number of nitrogens with one attached hydrogen (secondary N) is 2. The number of aliphatic carboxylic acids is 1. The summed E-state index contributed by atoms with van der Waals surface area (Å²) < 4.78 is 0.874. The summed E-state index contributed by atoms with van der Waals surface area (Å²) in [6.45, 7) is 1.44. The fraction of sp³-hybridized carbons (Fsp3) is 0.308. The summed E-state index contributed by atoms with van der Waals surface area (Å²) in [7, 11) is 0. The maximum Gasteiger partial charge on any atom is 0.328 e. The first-order valence-electron chi connectivity index (χ1n) is 6.22. The van der Waals surface area contributed by atoms with Crippen LogP contribution in [0.5, 0.6) is 0 Å². The molecule has 1 aromatic carbocycles. The lowest BCUT2D eigenvalue weighted by molar-refractivity contribution is -0.144. The van der Waals surface area contributed by atoms with Crippen molar-refractivity contribution in [3.63, 3.8) is 0 Å². The van der Waals surface area contributed by atoms with Gasteiger partial charge in [-0.25, -0.2) is 9.59 Å². The summed E-state index contributed by atoms with van der Waals surface area (Å²) >= 11 is 3.32. The topological polar surface area (TPSA) is 98.7 Å². The van der Waals surface area contributed by atoms with E-state index in [1.54, 1.807) is 12.1 Å². The molecule has 1 fully saturated rings. The minimum absolute atomic E-state index is 0.0963. The van der Waals surface area contributed by atoms with E-state index in [2.05, 4.69) is 26.6 Å². The first-order valence-corrected chi connectivity index (χ1v) is 7.01. The predicted octanol–water partition coefficient (Wildman–Crippen LogP) is 1.17. The molecule has 1 unspecified atom stereocenters. The van der Waals surface area contributed by atoms with E-state index in [0.717, 1.165) is 14.9 Å². The predicted molar refractivity (Wildman–Crippen MR) is 79.0 cm³/mol. The van der Waals surface area contributed by atoms with Crippen molar-refractivity contribution in [2.24, 2.45) is 0 Å². The third-order valence-corrected chi connectivity index (χ3v) is 3.65. The van der Waals surface area contributed by atoms with Crippen molar-refractivity contribution >= 4 is 39.5 Å². The van der Waals surface area contributed by atoms with Crippen molar-refractivity contribution in [3.05, 3.63) is 28.2 Å². The summed E-state index contributed by atoms with van der Waals surface area (Å²) in [5.74, 6) is -1.53. The highest BCUT2D eigenvalue weighted by Gasteiger charge is 2.35. The summed E-state index contributed by atoms with van der Waals surface area (Å²) in [5, 5.41) is 14.2. The molecule has 1 saturated heterocycles. The van der Waals surface area contributed by atoms with E-state index >= 15 is 0 Å². The number of amides is 3. The Bertz CT molecular complexity index is 605. The Labute approximate surface area is 129 Å². The number of carbonyl (C=O) groups is 3. The average Bonchev–Trinajstić information content (AvgIpc) is 2.41. The van der Waals surface area contributed by atoms with Gasteiger partial charge in [-0.05, 0) is 30.7 Å². The summed E-state index contributed by atoms with van der Waals surface area (Å²) in [6.07, 6.45) is 0. The molecule has 1 heterocycles. The van der Waals surface area contributed by atoms with Gasteiger partial charge in [-0.3, -0.25) is 9.69 Å². The van der Waals surface area contributed by atoms with Gasteiger partial charge in [-0.15, -0.1) is 0 Å². The number of carboxylic acids is 1. The molecule has 1 aliphatic heterocycles. The molecule has 0 aliphatic carbocycles. The van der Waals surface area contributed by atoms with E-state index in [-0.39, 0.29) is 19.0 Å². The van der Waals surface area contributed by atoms with Crippen LogP contribution in [-0.2, 0) is 9.59 Å². The molecule has 1 aliphatic rings. The number of nitrogens with zero attached hydrogens (tertiary/aromatic N) is 1. The van der Waals surface area contributed by atoms with Gasteiger partial charge in [0.25, 0.3) is 0 Å². The van der Waals surface area contributed by atoms with Crippen molar-refractivity contribution in [2.45, 2.75) is 13.0 Å². The molecule has 1 aromatic rings. The molecule has 1 atom stereocenters. The molecular formula is C13H14BrN3O4. The van der Waals surface area contributed by atoms with Crippen molar-refractivity contribution < 1.29 is 19.5 Å². The Balaban J connectivity index is 2.17. The molecule has 3 amide bonds. The maximum absolute atomic E-state index is 12.2. The van der Waals surface area contributed by atoms with Crippen molar-refractivity contribution in [3.8, 4) is 0 Å². The third-order valence-electron chi connectivity index (χ3n) is 3.16. The highest BCUT2D eigenvalue weighted by molar-refractivity contribution is 9.10. The first kappa shape index (κ1) is 15.3. The minimum Gasteiger partial charge on any atom is -0.480 e.